The molecule has 1 fully saturated rings. The van der Waals surface area contributed by atoms with Crippen LogP contribution >= 0.6 is 0 Å². The van der Waals surface area contributed by atoms with Crippen LogP contribution in [0.4, 0.5) is 22.0 Å². The van der Waals surface area contributed by atoms with Crippen molar-refractivity contribution in [1.82, 2.24) is 15.1 Å². The average Bonchev–Trinajstić information content (AvgIpc) is 2.84. The van der Waals surface area contributed by atoms with E-state index in [2.05, 4.69) is 5.32 Å². The van der Waals surface area contributed by atoms with Gasteiger partial charge in [-0.05, 0) is 42.3 Å². The monoisotopic (exact) mass is 513 g/mol. The van der Waals surface area contributed by atoms with Gasteiger partial charge in [0.25, 0.3) is 11.8 Å². The molecule has 0 unspecified atom stereocenters. The quantitative estimate of drug-likeness (QED) is 0.600. The fraction of sp³-hybridized carbons (Fsp3) is 0.375. The number of phenols is 1. The SMILES string of the molecule is CC(C)[C@H](NC(=O)c1ccc(F)c(F)c1O)C(=O)N1CCN(C(=O)c2ccc(C(F)(F)F)cc2)CC1. The Morgan fingerprint density at radius 1 is 0.917 bits per heavy atom. The van der Waals surface area contributed by atoms with Crippen LogP contribution in [0.15, 0.2) is 36.4 Å². The maximum atomic E-state index is 13.6. The van der Waals surface area contributed by atoms with E-state index in [4.69, 9.17) is 0 Å². The zero-order valence-electron chi connectivity index (χ0n) is 19.4. The van der Waals surface area contributed by atoms with Gasteiger partial charge in [-0.3, -0.25) is 14.4 Å². The van der Waals surface area contributed by atoms with Gasteiger partial charge in [0, 0.05) is 31.7 Å². The van der Waals surface area contributed by atoms with Gasteiger partial charge in [0.1, 0.15) is 6.04 Å². The summed E-state index contributed by atoms with van der Waals surface area (Å²) in [5.41, 5.74) is -1.31. The van der Waals surface area contributed by atoms with E-state index in [1.807, 2.05) is 0 Å². The van der Waals surface area contributed by atoms with Gasteiger partial charge in [-0.2, -0.15) is 17.6 Å². The van der Waals surface area contributed by atoms with Crippen LogP contribution in [0.25, 0.3) is 0 Å². The number of hydrogen-bond acceptors (Lipinski definition) is 4. The minimum Gasteiger partial charge on any atom is -0.504 e. The van der Waals surface area contributed by atoms with Crippen molar-refractivity contribution in [3.8, 4) is 5.75 Å². The summed E-state index contributed by atoms with van der Waals surface area (Å²) in [5, 5.41) is 12.2. The molecule has 1 aliphatic rings. The molecule has 0 spiro atoms. The lowest BCUT2D eigenvalue weighted by Gasteiger charge is -2.37. The fourth-order valence-electron chi connectivity index (χ4n) is 3.77. The normalized spacial score (nSPS) is 15.1. The summed E-state index contributed by atoms with van der Waals surface area (Å²) >= 11 is 0. The number of hydrogen-bond donors (Lipinski definition) is 2. The van der Waals surface area contributed by atoms with Gasteiger partial charge in [0.2, 0.25) is 11.7 Å². The van der Waals surface area contributed by atoms with Crippen molar-refractivity contribution in [3.05, 3.63) is 64.7 Å². The number of halogens is 5. The molecule has 2 aromatic carbocycles. The van der Waals surface area contributed by atoms with Crippen LogP contribution in [0, 0.1) is 17.6 Å². The molecule has 12 heteroatoms. The molecule has 0 saturated carbocycles. The highest BCUT2D eigenvalue weighted by molar-refractivity contribution is 6.00. The van der Waals surface area contributed by atoms with Crippen molar-refractivity contribution < 1.29 is 41.4 Å². The molecule has 3 rings (SSSR count). The number of carbonyl (C=O) groups excluding carboxylic acids is 3. The third-order valence-electron chi connectivity index (χ3n) is 5.87. The van der Waals surface area contributed by atoms with Gasteiger partial charge < -0.3 is 20.2 Å². The number of nitrogens with one attached hydrogen (secondary N) is 1. The molecule has 1 aliphatic heterocycles. The molecule has 0 bridgehead atoms. The Morgan fingerprint density at radius 2 is 1.47 bits per heavy atom. The summed E-state index contributed by atoms with van der Waals surface area (Å²) in [7, 11) is 0. The molecular formula is C24H24F5N3O4. The Morgan fingerprint density at radius 3 is 2.00 bits per heavy atom. The largest absolute Gasteiger partial charge is 0.504 e. The number of benzene rings is 2. The van der Waals surface area contributed by atoms with Gasteiger partial charge in [-0.25, -0.2) is 4.39 Å². The first-order valence-corrected chi connectivity index (χ1v) is 11.0. The summed E-state index contributed by atoms with van der Waals surface area (Å²) in [6.07, 6.45) is -4.51. The molecule has 0 radical (unpaired) electrons. The second-order valence-corrected chi connectivity index (χ2v) is 8.65. The van der Waals surface area contributed by atoms with Crippen LogP contribution in [-0.4, -0.2) is 64.8 Å². The molecule has 3 amide bonds. The first kappa shape index (κ1) is 26.9. The number of carbonyl (C=O) groups is 3. The summed E-state index contributed by atoms with van der Waals surface area (Å²) < 4.78 is 65.1. The molecule has 2 N–H and O–H groups in total. The second kappa shape index (κ2) is 10.5. The maximum Gasteiger partial charge on any atom is 0.416 e. The van der Waals surface area contributed by atoms with Gasteiger partial charge in [0.05, 0.1) is 11.1 Å². The fourth-order valence-corrected chi connectivity index (χ4v) is 3.77. The first-order chi connectivity index (χ1) is 16.8. The zero-order valence-corrected chi connectivity index (χ0v) is 19.4. The molecule has 1 saturated heterocycles. The van der Waals surface area contributed by atoms with Crippen molar-refractivity contribution in [2.24, 2.45) is 5.92 Å². The highest BCUT2D eigenvalue weighted by Gasteiger charge is 2.34. The summed E-state index contributed by atoms with van der Waals surface area (Å²) in [6, 6.07) is 4.38. The van der Waals surface area contributed by atoms with Crippen LogP contribution in [-0.2, 0) is 11.0 Å². The Hall–Kier alpha value is -3.70. The molecule has 0 aliphatic carbocycles. The van der Waals surface area contributed by atoms with Crippen LogP contribution in [0.5, 0.6) is 5.75 Å². The number of nitrogens with zero attached hydrogens (tertiary/aromatic N) is 2. The smallest absolute Gasteiger partial charge is 0.416 e. The Balaban J connectivity index is 1.64. The van der Waals surface area contributed by atoms with Crippen LogP contribution in [0.1, 0.15) is 40.1 Å². The molecule has 2 aromatic rings. The van der Waals surface area contributed by atoms with E-state index in [1.165, 1.54) is 9.80 Å². The van der Waals surface area contributed by atoms with E-state index in [1.54, 1.807) is 13.8 Å². The van der Waals surface area contributed by atoms with Gasteiger partial charge >= 0.3 is 6.18 Å². The third kappa shape index (κ3) is 5.74. The number of amides is 3. The van der Waals surface area contributed by atoms with Crippen molar-refractivity contribution in [1.29, 1.82) is 0 Å². The van der Waals surface area contributed by atoms with Gasteiger partial charge in [0.15, 0.2) is 11.6 Å². The van der Waals surface area contributed by atoms with Gasteiger partial charge in [-0.15, -0.1) is 0 Å². The van der Waals surface area contributed by atoms with Crippen molar-refractivity contribution in [2.75, 3.05) is 26.2 Å². The van der Waals surface area contributed by atoms with E-state index in [0.717, 1.165) is 30.3 Å². The number of rotatable bonds is 5. The van der Waals surface area contributed by atoms with Crippen LogP contribution < -0.4 is 5.32 Å². The summed E-state index contributed by atoms with van der Waals surface area (Å²) in [4.78, 5) is 41.2. The standard InChI is InChI=1S/C24H24F5N3O4/c1-13(2)19(30-21(34)16-7-8-17(25)18(26)20(16)33)23(36)32-11-9-31(10-12-32)22(35)14-3-5-15(6-4-14)24(27,28)29/h3-8,13,19,33H,9-12H2,1-2H3,(H,30,34)/t19-/m0/s1. The lowest BCUT2D eigenvalue weighted by molar-refractivity contribution is -0.137. The molecule has 7 nitrogen and oxygen atoms in total. The Bertz CT molecular complexity index is 1140. The van der Waals surface area contributed by atoms with Gasteiger partial charge in [-0.1, -0.05) is 13.8 Å². The van der Waals surface area contributed by atoms with E-state index in [-0.39, 0.29) is 31.7 Å². The maximum absolute atomic E-state index is 13.6. The predicted molar refractivity (Wildman–Crippen MR) is 118 cm³/mol. The van der Waals surface area contributed by atoms with Crippen molar-refractivity contribution in [3.63, 3.8) is 0 Å². The predicted octanol–water partition coefficient (Wildman–Crippen LogP) is 3.43. The number of alkyl halides is 3. The highest BCUT2D eigenvalue weighted by Crippen LogP contribution is 2.29. The molecule has 194 valence electrons. The van der Waals surface area contributed by atoms with E-state index in [0.29, 0.717) is 6.07 Å². The molecule has 0 aromatic heterocycles. The average molecular weight is 513 g/mol. The third-order valence-corrected chi connectivity index (χ3v) is 5.87. The minimum atomic E-state index is -4.51. The Labute approximate surface area is 203 Å². The molecule has 1 atom stereocenters. The second-order valence-electron chi connectivity index (χ2n) is 8.65. The van der Waals surface area contributed by atoms with Crippen molar-refractivity contribution >= 4 is 17.7 Å². The van der Waals surface area contributed by atoms with Crippen molar-refractivity contribution in [2.45, 2.75) is 26.1 Å². The molecule has 1 heterocycles. The zero-order chi connectivity index (χ0) is 26.8. The molecular weight excluding hydrogens is 489 g/mol. The number of aromatic hydroxyl groups is 1. The van der Waals surface area contributed by atoms with E-state index < -0.39 is 64.4 Å². The topological polar surface area (TPSA) is 89.9 Å². The lowest BCUT2D eigenvalue weighted by Crippen LogP contribution is -2.57. The van der Waals surface area contributed by atoms with E-state index >= 15 is 0 Å². The minimum absolute atomic E-state index is 0.0847. The summed E-state index contributed by atoms with van der Waals surface area (Å²) in [6.45, 7) is 3.79. The van der Waals surface area contributed by atoms with Crippen LogP contribution in [0.3, 0.4) is 0 Å². The van der Waals surface area contributed by atoms with Crippen LogP contribution in [0.2, 0.25) is 0 Å². The first-order valence-electron chi connectivity index (χ1n) is 11.0. The van der Waals surface area contributed by atoms with E-state index in [9.17, 15) is 41.4 Å². The number of phenolic OH excluding ortho intramolecular Hbond substituents is 1. The number of piperazine rings is 1. The lowest BCUT2D eigenvalue weighted by atomic mass is 10.0. The summed E-state index contributed by atoms with van der Waals surface area (Å²) in [5.74, 6) is -6.39. The Kier molecular flexibility index (Phi) is 7.85. The molecule has 36 heavy (non-hydrogen) atoms. The highest BCUT2D eigenvalue weighted by atomic mass is 19.4.